The van der Waals surface area contributed by atoms with E-state index in [4.69, 9.17) is 16.0 Å². The Balaban J connectivity index is 2.14. The van der Waals surface area contributed by atoms with E-state index in [1.54, 1.807) is 36.4 Å². The van der Waals surface area contributed by atoms with Crippen molar-refractivity contribution in [3.8, 4) is 0 Å². The number of unbranched alkanes of at least 4 members (excludes halogenated alkanes) is 2. The second-order valence-corrected chi connectivity index (χ2v) is 9.84. The van der Waals surface area contributed by atoms with Crippen molar-refractivity contribution in [3.05, 3.63) is 70.1 Å². The number of amides is 2. The van der Waals surface area contributed by atoms with Crippen LogP contribution in [0.4, 0.5) is 10.5 Å². The van der Waals surface area contributed by atoms with Crippen LogP contribution in [0.5, 0.6) is 0 Å². The van der Waals surface area contributed by atoms with Crippen molar-refractivity contribution in [3.63, 3.8) is 0 Å². The van der Waals surface area contributed by atoms with Gasteiger partial charge in [-0.3, -0.25) is 4.79 Å². The van der Waals surface area contributed by atoms with Gasteiger partial charge in [0.25, 0.3) is 0 Å². The van der Waals surface area contributed by atoms with E-state index in [1.807, 2.05) is 6.92 Å². The highest BCUT2D eigenvalue weighted by atomic mass is 32.2. The summed E-state index contributed by atoms with van der Waals surface area (Å²) in [6, 6.07) is 12.9. The molecule has 0 aliphatic heterocycles. The molecular formula is C23H30N6O5S. The van der Waals surface area contributed by atoms with E-state index in [9.17, 15) is 18.0 Å². The van der Waals surface area contributed by atoms with Crippen molar-refractivity contribution in [1.29, 1.82) is 0 Å². The second kappa shape index (κ2) is 14.0. The number of carbonyl (C=O) groups is 2. The molecule has 188 valence electrons. The minimum absolute atomic E-state index is 0.112. The molecule has 2 amide bonds. The molecule has 2 aromatic rings. The Morgan fingerprint density at radius 3 is 2.57 bits per heavy atom. The monoisotopic (exact) mass is 502 g/mol. The van der Waals surface area contributed by atoms with Crippen LogP contribution in [-0.2, 0) is 19.4 Å². The zero-order valence-corrected chi connectivity index (χ0v) is 20.3. The Bertz CT molecular complexity index is 1150. The second-order valence-electron chi connectivity index (χ2n) is 7.81. The average molecular weight is 503 g/mol. The quantitative estimate of drug-likeness (QED) is 0.123. The van der Waals surface area contributed by atoms with Gasteiger partial charge in [0.05, 0.1) is 17.3 Å². The van der Waals surface area contributed by atoms with Crippen molar-refractivity contribution in [2.75, 3.05) is 24.3 Å². The van der Waals surface area contributed by atoms with Crippen molar-refractivity contribution in [1.82, 2.24) is 5.32 Å². The molecule has 0 radical (unpaired) electrons. The van der Waals surface area contributed by atoms with Crippen LogP contribution >= 0.6 is 0 Å². The SMILES string of the molecule is Cc1ccc(S(=O)(=O)CC(OC(=O)NCN)c2cccc(NC(=O)CCCCCN=[N+]=[N-])c2)cc1. The third-order valence-electron chi connectivity index (χ3n) is 5.01. The summed E-state index contributed by atoms with van der Waals surface area (Å²) in [4.78, 5) is 27.1. The molecule has 0 fully saturated rings. The molecule has 12 heteroatoms. The van der Waals surface area contributed by atoms with E-state index < -0.39 is 27.8 Å². The number of alkyl carbamates (subject to hydrolysis) is 1. The minimum atomic E-state index is -3.80. The Morgan fingerprint density at radius 1 is 1.14 bits per heavy atom. The molecule has 2 aromatic carbocycles. The largest absolute Gasteiger partial charge is 0.440 e. The van der Waals surface area contributed by atoms with E-state index >= 15 is 0 Å². The summed E-state index contributed by atoms with van der Waals surface area (Å²) in [6.45, 7) is 2.07. The van der Waals surface area contributed by atoms with Gasteiger partial charge in [-0.2, -0.15) is 0 Å². The maximum Gasteiger partial charge on any atom is 0.408 e. The molecule has 1 atom stereocenters. The number of nitrogens with two attached hydrogens (primary N) is 1. The van der Waals surface area contributed by atoms with Crippen LogP contribution in [0.15, 0.2) is 58.5 Å². The number of rotatable bonds is 13. The molecular weight excluding hydrogens is 472 g/mol. The predicted octanol–water partition coefficient (Wildman–Crippen LogP) is 3.96. The van der Waals surface area contributed by atoms with Crippen molar-refractivity contribution in [2.24, 2.45) is 10.8 Å². The molecule has 0 saturated heterocycles. The smallest absolute Gasteiger partial charge is 0.408 e. The number of nitrogens with zero attached hydrogens (tertiary/aromatic N) is 3. The first kappa shape index (κ1) is 27.6. The van der Waals surface area contributed by atoms with Crippen LogP contribution in [0.2, 0.25) is 0 Å². The first-order valence-electron chi connectivity index (χ1n) is 11.1. The number of aryl methyl sites for hydroxylation is 1. The summed E-state index contributed by atoms with van der Waals surface area (Å²) < 4.78 is 31.4. The first-order chi connectivity index (χ1) is 16.7. The zero-order chi connectivity index (χ0) is 25.7. The summed E-state index contributed by atoms with van der Waals surface area (Å²) in [5.74, 6) is -0.701. The third-order valence-corrected chi connectivity index (χ3v) is 6.75. The highest BCUT2D eigenvalue weighted by Gasteiger charge is 2.26. The molecule has 0 saturated carbocycles. The molecule has 1 unspecified atom stereocenters. The van der Waals surface area contributed by atoms with Crippen LogP contribution in [0.3, 0.4) is 0 Å². The van der Waals surface area contributed by atoms with Crippen LogP contribution in [0.1, 0.15) is 42.9 Å². The molecule has 4 N–H and O–H groups in total. The van der Waals surface area contributed by atoms with Gasteiger partial charge in [-0.05, 0) is 55.1 Å². The molecule has 11 nitrogen and oxygen atoms in total. The van der Waals surface area contributed by atoms with Crippen LogP contribution in [-0.4, -0.2) is 39.4 Å². The summed E-state index contributed by atoms with van der Waals surface area (Å²) in [5.41, 5.74) is 15.4. The number of anilines is 1. The summed E-state index contributed by atoms with van der Waals surface area (Å²) in [6.07, 6.45) is 0.367. The van der Waals surface area contributed by atoms with E-state index in [1.165, 1.54) is 12.1 Å². The average Bonchev–Trinajstić information content (AvgIpc) is 2.81. The lowest BCUT2D eigenvalue weighted by molar-refractivity contribution is -0.116. The lowest BCUT2D eigenvalue weighted by atomic mass is 10.1. The number of azide groups is 1. The standard InChI is InChI=1S/C23H30N6O5S/c1-17-9-11-20(12-10-17)35(32,33)15-21(34-23(31)26-16-24)18-6-5-7-19(14-18)28-22(30)8-3-2-4-13-27-29-25/h5-7,9-12,14,21H,2-4,8,13,15-16,24H2,1H3,(H,26,31)(H,28,30). The van der Waals surface area contributed by atoms with Gasteiger partial charge in [0.2, 0.25) is 5.91 Å². The van der Waals surface area contributed by atoms with Gasteiger partial charge in [-0.25, -0.2) is 13.2 Å². The fourth-order valence-electron chi connectivity index (χ4n) is 3.22. The maximum absolute atomic E-state index is 13.0. The zero-order valence-electron chi connectivity index (χ0n) is 19.5. The van der Waals surface area contributed by atoms with Crippen LogP contribution < -0.4 is 16.4 Å². The molecule has 0 aliphatic carbocycles. The number of carbonyl (C=O) groups excluding carboxylic acids is 2. The van der Waals surface area contributed by atoms with Crippen molar-refractivity contribution >= 4 is 27.5 Å². The topological polar surface area (TPSA) is 176 Å². The van der Waals surface area contributed by atoms with E-state index in [0.29, 0.717) is 30.6 Å². The van der Waals surface area contributed by atoms with Gasteiger partial charge in [-0.15, -0.1) is 0 Å². The number of nitrogens with one attached hydrogen (secondary N) is 2. The number of benzene rings is 2. The number of hydrogen-bond donors (Lipinski definition) is 3. The van der Waals surface area contributed by atoms with E-state index in [0.717, 1.165) is 12.0 Å². The summed E-state index contributed by atoms with van der Waals surface area (Å²) in [7, 11) is -3.80. The molecule has 0 bridgehead atoms. The molecule has 0 spiro atoms. The van der Waals surface area contributed by atoms with E-state index in [-0.39, 0.29) is 23.9 Å². The predicted molar refractivity (Wildman–Crippen MR) is 132 cm³/mol. The number of sulfone groups is 1. The lowest BCUT2D eigenvalue weighted by Crippen LogP contribution is -2.32. The Morgan fingerprint density at radius 2 is 1.89 bits per heavy atom. The number of hydrogen-bond acceptors (Lipinski definition) is 7. The van der Waals surface area contributed by atoms with Gasteiger partial charge in [0, 0.05) is 23.6 Å². The highest BCUT2D eigenvalue weighted by Crippen LogP contribution is 2.26. The molecule has 0 aliphatic rings. The molecule has 2 rings (SSSR count). The van der Waals surface area contributed by atoms with E-state index in [2.05, 4.69) is 20.7 Å². The third kappa shape index (κ3) is 9.65. The van der Waals surface area contributed by atoms with Crippen LogP contribution in [0.25, 0.3) is 10.4 Å². The fraction of sp³-hybridized carbons (Fsp3) is 0.391. The molecule has 35 heavy (non-hydrogen) atoms. The maximum atomic E-state index is 13.0. The number of ether oxygens (including phenoxy) is 1. The Labute approximate surface area is 204 Å². The molecule has 0 aromatic heterocycles. The van der Waals surface area contributed by atoms with Gasteiger partial charge in [0.1, 0.15) is 6.10 Å². The fourth-order valence-corrected chi connectivity index (χ4v) is 4.63. The normalized spacial score (nSPS) is 11.7. The van der Waals surface area contributed by atoms with Gasteiger partial charge in [0.15, 0.2) is 9.84 Å². The highest BCUT2D eigenvalue weighted by molar-refractivity contribution is 7.91. The summed E-state index contributed by atoms with van der Waals surface area (Å²) in [5, 5.41) is 8.52. The minimum Gasteiger partial charge on any atom is -0.440 e. The van der Waals surface area contributed by atoms with Gasteiger partial charge in [-0.1, -0.05) is 41.4 Å². The Hall–Kier alpha value is -3.60. The Kier molecular flexibility index (Phi) is 11.0. The van der Waals surface area contributed by atoms with Gasteiger partial charge < -0.3 is 21.1 Å². The lowest BCUT2D eigenvalue weighted by Gasteiger charge is -2.19. The molecule has 0 heterocycles. The first-order valence-corrected chi connectivity index (χ1v) is 12.7. The summed E-state index contributed by atoms with van der Waals surface area (Å²) >= 11 is 0. The van der Waals surface area contributed by atoms with Crippen LogP contribution in [0, 0.1) is 6.92 Å². The van der Waals surface area contributed by atoms with Crippen molar-refractivity contribution < 1.29 is 22.7 Å². The van der Waals surface area contributed by atoms with Crippen molar-refractivity contribution in [2.45, 2.75) is 43.6 Å². The van der Waals surface area contributed by atoms with Gasteiger partial charge >= 0.3 is 6.09 Å².